The molecule has 2 aromatic carbocycles. The zero-order chi connectivity index (χ0) is 16.9. The van der Waals surface area contributed by atoms with E-state index in [2.05, 4.69) is 18.6 Å². The maximum atomic E-state index is 12.1. The van der Waals surface area contributed by atoms with Crippen molar-refractivity contribution in [3.8, 4) is 5.75 Å². The highest BCUT2D eigenvalue weighted by Gasteiger charge is 2.13. The van der Waals surface area contributed by atoms with Crippen molar-refractivity contribution in [2.75, 3.05) is 13.2 Å². The van der Waals surface area contributed by atoms with Crippen LogP contribution in [0, 0.1) is 0 Å². The number of halogens is 1. The van der Waals surface area contributed by atoms with Crippen LogP contribution in [0.3, 0.4) is 0 Å². The highest BCUT2D eigenvalue weighted by atomic mass is 35.5. The molecular weight excluding hydrogens is 334 g/mol. The maximum absolute atomic E-state index is 12.1. The van der Waals surface area contributed by atoms with E-state index < -0.39 is 10.0 Å². The van der Waals surface area contributed by atoms with Crippen molar-refractivity contribution in [2.24, 2.45) is 0 Å². The summed E-state index contributed by atoms with van der Waals surface area (Å²) in [6, 6.07) is 13.9. The molecule has 0 radical (unpaired) electrons. The molecule has 6 heteroatoms. The summed E-state index contributed by atoms with van der Waals surface area (Å²) in [5, 5.41) is 0.384. The lowest BCUT2D eigenvalue weighted by atomic mass is 10.0. The Morgan fingerprint density at radius 3 is 2.57 bits per heavy atom. The van der Waals surface area contributed by atoms with Gasteiger partial charge in [0.05, 0.1) is 4.90 Å². The van der Waals surface area contributed by atoms with E-state index in [4.69, 9.17) is 16.3 Å². The van der Waals surface area contributed by atoms with E-state index in [1.54, 1.807) is 12.1 Å². The Kier molecular flexibility index (Phi) is 6.04. The molecule has 0 unspecified atom stereocenters. The van der Waals surface area contributed by atoms with Crippen LogP contribution in [0.5, 0.6) is 5.75 Å². The minimum atomic E-state index is -3.57. The molecular formula is C17H20ClNO3S. The molecule has 0 fully saturated rings. The van der Waals surface area contributed by atoms with Crippen molar-refractivity contribution in [3.05, 3.63) is 59.1 Å². The van der Waals surface area contributed by atoms with E-state index in [-0.39, 0.29) is 18.0 Å². The molecule has 23 heavy (non-hydrogen) atoms. The molecule has 1 N–H and O–H groups in total. The lowest BCUT2D eigenvalue weighted by molar-refractivity contribution is 0.322. The quantitative estimate of drug-likeness (QED) is 0.770. The summed E-state index contributed by atoms with van der Waals surface area (Å²) in [6.45, 7) is 4.65. The molecule has 0 bridgehead atoms. The van der Waals surface area contributed by atoms with Gasteiger partial charge in [-0.3, -0.25) is 0 Å². The SMILES string of the molecule is CC(C)c1cccc(OCCNS(=O)(=O)c2cccc(Cl)c2)c1. The summed E-state index contributed by atoms with van der Waals surface area (Å²) < 4.78 is 32.3. The second kappa shape index (κ2) is 7.81. The summed E-state index contributed by atoms with van der Waals surface area (Å²) >= 11 is 5.82. The Morgan fingerprint density at radius 1 is 1.13 bits per heavy atom. The van der Waals surface area contributed by atoms with Gasteiger partial charge in [-0.1, -0.05) is 43.6 Å². The van der Waals surface area contributed by atoms with Gasteiger partial charge in [0, 0.05) is 11.6 Å². The minimum absolute atomic E-state index is 0.145. The molecule has 0 aromatic heterocycles. The van der Waals surface area contributed by atoms with Crippen molar-refractivity contribution in [1.29, 1.82) is 0 Å². The van der Waals surface area contributed by atoms with E-state index in [0.29, 0.717) is 10.9 Å². The monoisotopic (exact) mass is 353 g/mol. The summed E-state index contributed by atoms with van der Waals surface area (Å²) in [6.07, 6.45) is 0. The summed E-state index contributed by atoms with van der Waals surface area (Å²) in [7, 11) is -3.57. The normalized spacial score (nSPS) is 11.7. The van der Waals surface area contributed by atoms with Crippen LogP contribution in [0.4, 0.5) is 0 Å². The largest absolute Gasteiger partial charge is 0.492 e. The van der Waals surface area contributed by atoms with Gasteiger partial charge in [-0.25, -0.2) is 13.1 Å². The highest BCUT2D eigenvalue weighted by Crippen LogP contribution is 2.20. The molecule has 0 saturated carbocycles. The second-order valence-electron chi connectivity index (χ2n) is 5.43. The van der Waals surface area contributed by atoms with Crippen LogP contribution in [0.2, 0.25) is 5.02 Å². The molecule has 0 heterocycles. The number of nitrogens with one attached hydrogen (secondary N) is 1. The number of hydrogen-bond donors (Lipinski definition) is 1. The summed E-state index contributed by atoms with van der Waals surface area (Å²) in [5.41, 5.74) is 1.18. The lowest BCUT2D eigenvalue weighted by Crippen LogP contribution is -2.28. The molecule has 4 nitrogen and oxygen atoms in total. The fraction of sp³-hybridized carbons (Fsp3) is 0.294. The first kappa shape index (κ1) is 17.8. The Morgan fingerprint density at radius 2 is 1.87 bits per heavy atom. The van der Waals surface area contributed by atoms with Gasteiger partial charge in [-0.2, -0.15) is 0 Å². The van der Waals surface area contributed by atoms with Crippen LogP contribution < -0.4 is 9.46 Å². The molecule has 0 amide bonds. The predicted octanol–water partition coefficient (Wildman–Crippen LogP) is 3.82. The van der Waals surface area contributed by atoms with Crippen LogP contribution >= 0.6 is 11.6 Å². The summed E-state index contributed by atoms with van der Waals surface area (Å²) in [5.74, 6) is 1.15. The average molecular weight is 354 g/mol. The zero-order valence-electron chi connectivity index (χ0n) is 13.1. The van der Waals surface area contributed by atoms with E-state index in [1.807, 2.05) is 24.3 Å². The predicted molar refractivity (Wildman–Crippen MR) is 92.7 cm³/mol. The molecule has 0 atom stereocenters. The number of ether oxygens (including phenoxy) is 1. The van der Waals surface area contributed by atoms with Gasteiger partial charge in [0.1, 0.15) is 12.4 Å². The van der Waals surface area contributed by atoms with Gasteiger partial charge >= 0.3 is 0 Å². The molecule has 0 aliphatic rings. The first-order valence-corrected chi connectivity index (χ1v) is 9.22. The van der Waals surface area contributed by atoms with Crippen LogP contribution in [0.25, 0.3) is 0 Å². The number of hydrogen-bond acceptors (Lipinski definition) is 3. The Hall–Kier alpha value is -1.56. The fourth-order valence-electron chi connectivity index (χ4n) is 2.03. The molecule has 0 aliphatic heterocycles. The van der Waals surface area contributed by atoms with Crippen molar-refractivity contribution in [2.45, 2.75) is 24.7 Å². The second-order valence-corrected chi connectivity index (χ2v) is 7.63. The van der Waals surface area contributed by atoms with Crippen molar-refractivity contribution in [3.63, 3.8) is 0 Å². The van der Waals surface area contributed by atoms with Crippen molar-refractivity contribution in [1.82, 2.24) is 4.72 Å². The third-order valence-corrected chi connectivity index (χ3v) is 4.99. The number of sulfonamides is 1. The minimum Gasteiger partial charge on any atom is -0.492 e. The van der Waals surface area contributed by atoms with E-state index in [0.717, 1.165) is 5.75 Å². The zero-order valence-corrected chi connectivity index (χ0v) is 14.7. The van der Waals surface area contributed by atoms with Crippen LogP contribution in [0.15, 0.2) is 53.4 Å². The van der Waals surface area contributed by atoms with Gasteiger partial charge < -0.3 is 4.74 Å². The fourth-order valence-corrected chi connectivity index (χ4v) is 3.34. The third kappa shape index (κ3) is 5.23. The smallest absolute Gasteiger partial charge is 0.240 e. The highest BCUT2D eigenvalue weighted by molar-refractivity contribution is 7.89. The Bertz CT molecular complexity index is 760. The van der Waals surface area contributed by atoms with Gasteiger partial charge in [0.25, 0.3) is 0 Å². The number of rotatable bonds is 7. The van der Waals surface area contributed by atoms with E-state index in [9.17, 15) is 8.42 Å². The summed E-state index contributed by atoms with van der Waals surface area (Å²) in [4.78, 5) is 0.145. The van der Waals surface area contributed by atoms with Crippen LogP contribution in [-0.2, 0) is 10.0 Å². The van der Waals surface area contributed by atoms with Crippen LogP contribution in [0.1, 0.15) is 25.3 Å². The third-order valence-electron chi connectivity index (χ3n) is 3.29. The van der Waals surface area contributed by atoms with Gasteiger partial charge in [-0.05, 0) is 41.8 Å². The first-order chi connectivity index (χ1) is 10.9. The molecule has 2 rings (SSSR count). The van der Waals surface area contributed by atoms with Crippen molar-refractivity contribution >= 4 is 21.6 Å². The van der Waals surface area contributed by atoms with Gasteiger partial charge in [0.2, 0.25) is 10.0 Å². The molecule has 0 saturated heterocycles. The maximum Gasteiger partial charge on any atom is 0.240 e. The van der Waals surface area contributed by atoms with Gasteiger partial charge in [0.15, 0.2) is 0 Å². The number of benzene rings is 2. The van der Waals surface area contributed by atoms with Crippen LogP contribution in [-0.4, -0.2) is 21.6 Å². The molecule has 0 spiro atoms. The Labute approximate surface area is 142 Å². The van der Waals surface area contributed by atoms with Gasteiger partial charge in [-0.15, -0.1) is 0 Å². The molecule has 0 aliphatic carbocycles. The van der Waals surface area contributed by atoms with E-state index >= 15 is 0 Å². The standard InChI is InChI=1S/C17H20ClNO3S/c1-13(2)14-5-3-7-16(11-14)22-10-9-19-23(20,21)17-8-4-6-15(18)12-17/h3-8,11-13,19H,9-10H2,1-2H3. The Balaban J connectivity index is 1.89. The van der Waals surface area contributed by atoms with Crippen molar-refractivity contribution < 1.29 is 13.2 Å². The first-order valence-electron chi connectivity index (χ1n) is 7.36. The topological polar surface area (TPSA) is 55.4 Å². The molecule has 2 aromatic rings. The lowest BCUT2D eigenvalue weighted by Gasteiger charge is -2.11. The average Bonchev–Trinajstić information content (AvgIpc) is 2.52. The molecule has 124 valence electrons. The van der Waals surface area contributed by atoms with E-state index in [1.165, 1.54) is 17.7 Å².